The van der Waals surface area contributed by atoms with Crippen LogP contribution in [0.3, 0.4) is 0 Å². The standard InChI is InChI=1S/C33H28N6O2/c1-3-21-13-16-23(17-14-21)34-31-33-36-32-29(20(2)37-39(32)24-9-5-4-6-10-24)30(22-15-18-27(40)28(41)19-22)38(33)26-12-8-7-11-25(26)35-31/h4-19,30,40-41H,3H2,1-2H3,(H,34,35)/t30-/m0/s1. The number of nitrogens with zero attached hydrogens (tertiary/aromatic N) is 5. The SMILES string of the molecule is CCc1ccc(NC2=Nc3ccccc3N3C2=Nc2c(c(C)nn2-c2ccccc2)[C@@H]3c2ccc(O)c(O)c2)cc1. The molecule has 3 N–H and O–H groups in total. The molecule has 0 saturated heterocycles. The second kappa shape index (κ2) is 9.67. The van der Waals surface area contributed by atoms with Crippen LogP contribution in [0.15, 0.2) is 107 Å². The summed E-state index contributed by atoms with van der Waals surface area (Å²) < 4.78 is 1.86. The number of hydrogen-bond donors (Lipinski definition) is 3. The molecule has 2 aliphatic heterocycles. The smallest absolute Gasteiger partial charge is 0.179 e. The van der Waals surface area contributed by atoms with Crippen LogP contribution in [0.2, 0.25) is 0 Å². The third kappa shape index (κ3) is 4.12. The van der Waals surface area contributed by atoms with Crippen LogP contribution in [-0.2, 0) is 6.42 Å². The first-order valence-corrected chi connectivity index (χ1v) is 13.6. The molecular weight excluding hydrogens is 512 g/mol. The number of aryl methyl sites for hydroxylation is 2. The molecule has 0 saturated carbocycles. The van der Waals surface area contributed by atoms with Crippen molar-refractivity contribution in [3.05, 3.63) is 119 Å². The van der Waals surface area contributed by atoms with Crippen LogP contribution >= 0.6 is 0 Å². The zero-order chi connectivity index (χ0) is 28.1. The van der Waals surface area contributed by atoms with Gasteiger partial charge in [-0.25, -0.2) is 14.7 Å². The van der Waals surface area contributed by atoms with Crippen LogP contribution in [0.5, 0.6) is 11.5 Å². The van der Waals surface area contributed by atoms with E-state index in [0.717, 1.165) is 46.0 Å². The Balaban J connectivity index is 1.48. The quantitative estimate of drug-likeness (QED) is 0.214. The van der Waals surface area contributed by atoms with Gasteiger partial charge < -0.3 is 20.4 Å². The van der Waals surface area contributed by atoms with E-state index in [9.17, 15) is 10.2 Å². The number of phenols is 2. The monoisotopic (exact) mass is 540 g/mol. The zero-order valence-electron chi connectivity index (χ0n) is 22.7. The molecule has 8 nitrogen and oxygen atoms in total. The molecule has 4 aromatic carbocycles. The number of aromatic nitrogens is 2. The number of para-hydroxylation sites is 3. The summed E-state index contributed by atoms with van der Waals surface area (Å²) in [4.78, 5) is 12.4. The summed E-state index contributed by atoms with van der Waals surface area (Å²) in [5.41, 5.74) is 7.23. The maximum absolute atomic E-state index is 10.6. The molecule has 2 aliphatic rings. The summed E-state index contributed by atoms with van der Waals surface area (Å²) in [5, 5.41) is 29.2. The minimum absolute atomic E-state index is 0.172. The van der Waals surface area contributed by atoms with E-state index >= 15 is 0 Å². The van der Waals surface area contributed by atoms with E-state index in [4.69, 9.17) is 15.1 Å². The van der Waals surface area contributed by atoms with E-state index in [0.29, 0.717) is 17.5 Å². The first-order valence-electron chi connectivity index (χ1n) is 13.6. The third-order valence-electron chi connectivity index (χ3n) is 7.58. The molecule has 3 heterocycles. The van der Waals surface area contributed by atoms with Crippen LogP contribution < -0.4 is 10.2 Å². The molecule has 1 aromatic heterocycles. The van der Waals surface area contributed by atoms with Gasteiger partial charge in [0.15, 0.2) is 29.0 Å². The van der Waals surface area contributed by atoms with Crippen molar-refractivity contribution in [2.75, 3.05) is 10.2 Å². The van der Waals surface area contributed by atoms with Gasteiger partial charge in [0.2, 0.25) is 0 Å². The van der Waals surface area contributed by atoms with E-state index in [1.807, 2.05) is 72.3 Å². The summed E-state index contributed by atoms with van der Waals surface area (Å²) in [6.45, 7) is 4.11. The fraction of sp³-hybridized carbons (Fsp3) is 0.121. The van der Waals surface area contributed by atoms with Gasteiger partial charge in [0, 0.05) is 11.3 Å². The number of aromatic hydroxyl groups is 2. The van der Waals surface area contributed by atoms with Gasteiger partial charge in [-0.05, 0) is 73.0 Å². The molecule has 0 bridgehead atoms. The van der Waals surface area contributed by atoms with Crippen LogP contribution in [0.25, 0.3) is 5.69 Å². The lowest BCUT2D eigenvalue weighted by Gasteiger charge is -2.40. The predicted octanol–water partition coefficient (Wildman–Crippen LogP) is 6.95. The van der Waals surface area contributed by atoms with E-state index < -0.39 is 6.04 Å². The topological polar surface area (TPSA) is 98.3 Å². The van der Waals surface area contributed by atoms with Crippen molar-refractivity contribution < 1.29 is 10.2 Å². The van der Waals surface area contributed by atoms with Gasteiger partial charge in [-0.2, -0.15) is 5.10 Å². The van der Waals surface area contributed by atoms with Crippen LogP contribution in [-0.4, -0.2) is 31.7 Å². The molecule has 0 fully saturated rings. The highest BCUT2D eigenvalue weighted by molar-refractivity contribution is 6.51. The Kier molecular flexibility index (Phi) is 5.82. The average Bonchev–Trinajstić information content (AvgIpc) is 3.34. The summed E-state index contributed by atoms with van der Waals surface area (Å²) in [6.07, 6.45) is 0.960. The Hall–Kier alpha value is -5.37. The van der Waals surface area contributed by atoms with Crippen LogP contribution in [0, 0.1) is 6.92 Å². The van der Waals surface area contributed by atoms with Crippen molar-refractivity contribution in [2.24, 2.45) is 9.98 Å². The second-order valence-electron chi connectivity index (χ2n) is 10.2. The minimum atomic E-state index is -0.405. The normalized spacial score (nSPS) is 15.4. The predicted molar refractivity (Wildman–Crippen MR) is 162 cm³/mol. The summed E-state index contributed by atoms with van der Waals surface area (Å²) in [5.74, 6) is 1.56. The number of anilines is 2. The van der Waals surface area contributed by atoms with Gasteiger partial charge in [0.25, 0.3) is 0 Å². The molecule has 7 rings (SSSR count). The number of nitrogens with one attached hydrogen (secondary N) is 1. The number of benzene rings is 4. The molecule has 0 aliphatic carbocycles. The summed E-state index contributed by atoms with van der Waals surface area (Å²) in [7, 11) is 0. The molecule has 0 radical (unpaired) electrons. The molecule has 0 amide bonds. The van der Waals surface area contributed by atoms with Crippen molar-refractivity contribution in [3.8, 4) is 17.2 Å². The zero-order valence-corrected chi connectivity index (χ0v) is 22.7. The van der Waals surface area contributed by atoms with E-state index in [1.54, 1.807) is 6.07 Å². The third-order valence-corrected chi connectivity index (χ3v) is 7.58. The second-order valence-corrected chi connectivity index (χ2v) is 10.2. The van der Waals surface area contributed by atoms with Crippen LogP contribution in [0.1, 0.15) is 35.3 Å². The number of hydrogen-bond acceptors (Lipinski definition) is 7. The molecule has 1 atom stereocenters. The van der Waals surface area contributed by atoms with Gasteiger partial charge >= 0.3 is 0 Å². The molecule has 8 heteroatoms. The van der Waals surface area contributed by atoms with Gasteiger partial charge in [-0.1, -0.05) is 55.5 Å². The highest BCUT2D eigenvalue weighted by Gasteiger charge is 2.41. The first-order chi connectivity index (χ1) is 20.0. The van der Waals surface area contributed by atoms with E-state index in [-0.39, 0.29) is 11.5 Å². The molecule has 5 aromatic rings. The highest BCUT2D eigenvalue weighted by atomic mass is 16.3. The van der Waals surface area contributed by atoms with Crippen molar-refractivity contribution in [3.63, 3.8) is 0 Å². The Labute approximate surface area is 237 Å². The Morgan fingerprint density at radius 2 is 1.59 bits per heavy atom. The number of fused-ring (bicyclic) bond motifs is 4. The van der Waals surface area contributed by atoms with Crippen molar-refractivity contribution in [1.29, 1.82) is 0 Å². The molecular formula is C33H28N6O2. The van der Waals surface area contributed by atoms with Gasteiger partial charge in [-0.3, -0.25) is 0 Å². The number of phenolic OH excluding ortho intramolecular Hbond substituents is 2. The lowest BCUT2D eigenvalue weighted by molar-refractivity contribution is 0.403. The van der Waals surface area contributed by atoms with Crippen molar-refractivity contribution in [1.82, 2.24) is 9.78 Å². The summed E-state index contributed by atoms with van der Waals surface area (Å²) >= 11 is 0. The van der Waals surface area contributed by atoms with E-state index in [1.165, 1.54) is 11.6 Å². The minimum Gasteiger partial charge on any atom is -0.504 e. The lowest BCUT2D eigenvalue weighted by Crippen LogP contribution is -2.46. The van der Waals surface area contributed by atoms with E-state index in [2.05, 4.69) is 41.4 Å². The van der Waals surface area contributed by atoms with Crippen LogP contribution in [0.4, 0.5) is 22.9 Å². The summed E-state index contributed by atoms with van der Waals surface area (Å²) in [6, 6.07) is 30.7. The average molecular weight is 541 g/mol. The Bertz CT molecular complexity index is 1840. The Morgan fingerprint density at radius 1 is 0.829 bits per heavy atom. The molecule has 0 spiro atoms. The van der Waals surface area contributed by atoms with Crippen molar-refractivity contribution in [2.45, 2.75) is 26.3 Å². The largest absolute Gasteiger partial charge is 0.504 e. The fourth-order valence-corrected chi connectivity index (χ4v) is 5.53. The molecule has 41 heavy (non-hydrogen) atoms. The fourth-order valence-electron chi connectivity index (χ4n) is 5.53. The molecule has 202 valence electrons. The lowest BCUT2D eigenvalue weighted by atomic mass is 9.93. The molecule has 0 unspecified atom stereocenters. The maximum atomic E-state index is 10.6. The number of rotatable bonds is 4. The first kappa shape index (κ1) is 24.7. The van der Waals surface area contributed by atoms with Gasteiger partial charge in [0.1, 0.15) is 0 Å². The Morgan fingerprint density at radius 3 is 2.34 bits per heavy atom. The van der Waals surface area contributed by atoms with Crippen molar-refractivity contribution >= 4 is 34.6 Å². The number of amidine groups is 2. The van der Waals surface area contributed by atoms with Gasteiger partial charge in [0.05, 0.1) is 28.8 Å². The maximum Gasteiger partial charge on any atom is 0.179 e. The highest BCUT2D eigenvalue weighted by Crippen LogP contribution is 2.49. The number of aliphatic imine (C=N–C) groups is 2. The van der Waals surface area contributed by atoms with Gasteiger partial charge in [-0.15, -0.1) is 0 Å².